The van der Waals surface area contributed by atoms with E-state index in [0.717, 1.165) is 22.3 Å². The van der Waals surface area contributed by atoms with Crippen LogP contribution in [0.5, 0.6) is 0 Å². The molecule has 0 aromatic heterocycles. The molecule has 5 rings (SSSR count). The summed E-state index contributed by atoms with van der Waals surface area (Å²) in [6.45, 7) is 0.970. The smallest absolute Gasteiger partial charge is 0.117 e. The van der Waals surface area contributed by atoms with Crippen molar-refractivity contribution < 1.29 is 24.1 Å². The van der Waals surface area contributed by atoms with Crippen molar-refractivity contribution in [1.29, 1.82) is 0 Å². The third-order valence-corrected chi connectivity index (χ3v) is 6.80. The van der Waals surface area contributed by atoms with E-state index in [4.69, 9.17) is 18.9 Å². The van der Waals surface area contributed by atoms with Crippen molar-refractivity contribution in [3.05, 3.63) is 144 Å². The summed E-state index contributed by atoms with van der Waals surface area (Å²) in [6, 6.07) is 40.1. The van der Waals surface area contributed by atoms with Gasteiger partial charge in [-0.1, -0.05) is 121 Å². The van der Waals surface area contributed by atoms with Crippen LogP contribution < -0.4 is 0 Å². The van der Waals surface area contributed by atoms with E-state index in [2.05, 4.69) is 0 Å². The first-order chi connectivity index (χ1) is 18.8. The number of hydrogen-bond donors (Lipinski definition) is 1. The molecule has 0 amide bonds. The molecule has 0 spiro atoms. The second kappa shape index (κ2) is 13.5. The topological polar surface area (TPSA) is 57.2 Å². The van der Waals surface area contributed by atoms with Crippen molar-refractivity contribution in [3.63, 3.8) is 0 Å². The maximum Gasteiger partial charge on any atom is 0.117 e. The van der Waals surface area contributed by atoms with Crippen LogP contribution in [0.3, 0.4) is 0 Å². The van der Waals surface area contributed by atoms with Crippen LogP contribution in [-0.2, 0) is 38.8 Å². The summed E-state index contributed by atoms with van der Waals surface area (Å²) >= 11 is 0. The van der Waals surface area contributed by atoms with Crippen molar-refractivity contribution in [3.8, 4) is 0 Å². The molecule has 196 valence electrons. The van der Waals surface area contributed by atoms with Crippen LogP contribution in [0.4, 0.5) is 0 Å². The predicted octanol–water partition coefficient (Wildman–Crippen LogP) is 5.88. The van der Waals surface area contributed by atoms with Crippen LogP contribution >= 0.6 is 0 Å². The second-order valence-corrected chi connectivity index (χ2v) is 9.47. The molecule has 1 aliphatic heterocycles. The van der Waals surface area contributed by atoms with Gasteiger partial charge in [0.1, 0.15) is 30.5 Å². The molecule has 0 aliphatic carbocycles. The monoisotopic (exact) mass is 510 g/mol. The van der Waals surface area contributed by atoms with Gasteiger partial charge < -0.3 is 24.1 Å². The first-order valence-electron chi connectivity index (χ1n) is 13.1. The van der Waals surface area contributed by atoms with Gasteiger partial charge in [-0.15, -0.1) is 0 Å². The van der Waals surface area contributed by atoms with E-state index in [1.165, 1.54) is 0 Å². The highest BCUT2D eigenvalue weighted by molar-refractivity contribution is 5.22. The SMILES string of the molecule is OC[C@H]1O[C@@H](c2ccccc2)[C@H](OCc2ccccc2)[C@@H](OCc2ccccc2)[C@@H]1OCc1ccccc1. The van der Waals surface area contributed by atoms with Crippen LogP contribution in [0, 0.1) is 0 Å². The van der Waals surface area contributed by atoms with Crippen molar-refractivity contribution in [2.75, 3.05) is 6.61 Å². The summed E-state index contributed by atoms with van der Waals surface area (Å²) in [4.78, 5) is 0. The van der Waals surface area contributed by atoms with Crippen LogP contribution in [-0.4, -0.2) is 36.1 Å². The molecule has 4 aromatic carbocycles. The highest BCUT2D eigenvalue weighted by Crippen LogP contribution is 2.38. The molecule has 0 radical (unpaired) electrons. The molecule has 5 nitrogen and oxygen atoms in total. The number of aliphatic hydroxyl groups excluding tert-OH is 1. The summed E-state index contributed by atoms with van der Waals surface area (Å²) in [6.07, 6.45) is -2.51. The minimum absolute atomic E-state index is 0.195. The summed E-state index contributed by atoms with van der Waals surface area (Å²) in [5, 5.41) is 10.4. The van der Waals surface area contributed by atoms with Gasteiger partial charge in [0, 0.05) is 0 Å². The molecule has 5 atom stereocenters. The Kier molecular flexibility index (Phi) is 9.32. The number of rotatable bonds is 11. The molecule has 1 heterocycles. The minimum Gasteiger partial charge on any atom is -0.394 e. The Morgan fingerprint density at radius 2 is 0.895 bits per heavy atom. The van der Waals surface area contributed by atoms with Gasteiger partial charge in [0.05, 0.1) is 26.4 Å². The zero-order valence-corrected chi connectivity index (χ0v) is 21.3. The number of aliphatic hydroxyl groups is 1. The Hall–Kier alpha value is -3.32. The Morgan fingerprint density at radius 3 is 1.34 bits per heavy atom. The quantitative estimate of drug-likeness (QED) is 0.273. The fourth-order valence-corrected chi connectivity index (χ4v) is 4.85. The third-order valence-electron chi connectivity index (χ3n) is 6.80. The Morgan fingerprint density at radius 1 is 0.500 bits per heavy atom. The van der Waals surface area contributed by atoms with Gasteiger partial charge in [-0.2, -0.15) is 0 Å². The standard InChI is InChI=1S/C33H34O5/c34-21-29-31(35-22-25-13-5-1-6-14-25)33(37-24-27-17-9-3-10-18-27)32(36-23-26-15-7-2-8-16-26)30(38-29)28-19-11-4-12-20-28/h1-20,29-34H,21-24H2/t29-,30+,31-,32+,33+/m1/s1. The van der Waals surface area contributed by atoms with E-state index >= 15 is 0 Å². The van der Waals surface area contributed by atoms with Gasteiger partial charge in [-0.3, -0.25) is 0 Å². The molecule has 5 heteroatoms. The van der Waals surface area contributed by atoms with Crippen LogP contribution in [0.25, 0.3) is 0 Å². The molecule has 1 saturated heterocycles. The minimum atomic E-state index is -0.582. The summed E-state index contributed by atoms with van der Waals surface area (Å²) in [7, 11) is 0. The number of hydrogen-bond acceptors (Lipinski definition) is 5. The Labute approximate surface area is 224 Å². The highest BCUT2D eigenvalue weighted by Gasteiger charge is 2.48. The number of ether oxygens (including phenoxy) is 4. The zero-order valence-electron chi connectivity index (χ0n) is 21.3. The molecule has 4 aromatic rings. The molecule has 0 saturated carbocycles. The molecule has 1 fully saturated rings. The molecule has 38 heavy (non-hydrogen) atoms. The van der Waals surface area contributed by atoms with Crippen LogP contribution in [0.15, 0.2) is 121 Å². The summed E-state index contributed by atoms with van der Waals surface area (Å²) in [5.41, 5.74) is 4.13. The van der Waals surface area contributed by atoms with E-state index in [1.807, 2.05) is 121 Å². The molecular weight excluding hydrogens is 476 g/mol. The molecular formula is C33H34O5. The lowest BCUT2D eigenvalue weighted by Crippen LogP contribution is -2.58. The van der Waals surface area contributed by atoms with Crippen molar-refractivity contribution in [2.45, 2.75) is 50.3 Å². The van der Waals surface area contributed by atoms with Gasteiger partial charge in [0.15, 0.2) is 0 Å². The Bertz CT molecular complexity index is 1200. The van der Waals surface area contributed by atoms with E-state index in [0.29, 0.717) is 19.8 Å². The van der Waals surface area contributed by atoms with E-state index in [-0.39, 0.29) is 6.61 Å². The van der Waals surface area contributed by atoms with E-state index < -0.39 is 30.5 Å². The lowest BCUT2D eigenvalue weighted by atomic mass is 9.90. The fourth-order valence-electron chi connectivity index (χ4n) is 4.85. The fraction of sp³-hybridized carbons (Fsp3) is 0.273. The largest absolute Gasteiger partial charge is 0.394 e. The average molecular weight is 511 g/mol. The maximum absolute atomic E-state index is 10.4. The van der Waals surface area contributed by atoms with Gasteiger partial charge in [-0.05, 0) is 22.3 Å². The molecule has 0 unspecified atom stereocenters. The first-order valence-corrected chi connectivity index (χ1v) is 13.1. The van der Waals surface area contributed by atoms with Gasteiger partial charge in [-0.25, -0.2) is 0 Å². The second-order valence-electron chi connectivity index (χ2n) is 9.47. The van der Waals surface area contributed by atoms with Gasteiger partial charge in [0.25, 0.3) is 0 Å². The van der Waals surface area contributed by atoms with E-state index in [9.17, 15) is 5.11 Å². The number of benzene rings is 4. The summed E-state index contributed by atoms with van der Waals surface area (Å²) < 4.78 is 26.2. The van der Waals surface area contributed by atoms with Gasteiger partial charge in [0.2, 0.25) is 0 Å². The van der Waals surface area contributed by atoms with Crippen molar-refractivity contribution >= 4 is 0 Å². The zero-order chi connectivity index (χ0) is 26.0. The summed E-state index contributed by atoms with van der Waals surface area (Å²) in [5.74, 6) is 0. The lowest BCUT2D eigenvalue weighted by molar-refractivity contribution is -0.272. The van der Waals surface area contributed by atoms with Crippen molar-refractivity contribution in [1.82, 2.24) is 0 Å². The average Bonchev–Trinajstić information content (AvgIpc) is 2.99. The third kappa shape index (κ3) is 6.76. The van der Waals surface area contributed by atoms with E-state index in [1.54, 1.807) is 0 Å². The van der Waals surface area contributed by atoms with Crippen LogP contribution in [0.2, 0.25) is 0 Å². The molecule has 1 aliphatic rings. The Balaban J connectivity index is 1.46. The van der Waals surface area contributed by atoms with Gasteiger partial charge >= 0.3 is 0 Å². The van der Waals surface area contributed by atoms with Crippen LogP contribution in [0.1, 0.15) is 28.4 Å². The molecule has 0 bridgehead atoms. The first kappa shape index (κ1) is 26.3. The molecule has 1 N–H and O–H groups in total. The maximum atomic E-state index is 10.4. The highest BCUT2D eigenvalue weighted by atomic mass is 16.6. The normalized spacial score (nSPS) is 23.2. The predicted molar refractivity (Wildman–Crippen MR) is 146 cm³/mol. The van der Waals surface area contributed by atoms with Crippen molar-refractivity contribution in [2.24, 2.45) is 0 Å². The lowest BCUT2D eigenvalue weighted by Gasteiger charge is -2.46.